The maximum atomic E-state index is 5.67. The molecule has 2 aromatic rings. The molecule has 0 bridgehead atoms. The summed E-state index contributed by atoms with van der Waals surface area (Å²) < 4.78 is 5.54. The van der Waals surface area contributed by atoms with E-state index in [9.17, 15) is 0 Å². The van der Waals surface area contributed by atoms with Crippen molar-refractivity contribution >= 4 is 23.4 Å². The Morgan fingerprint density at radius 3 is 2.88 bits per heavy atom. The second kappa shape index (κ2) is 5.38. The quantitative estimate of drug-likeness (QED) is 0.787. The van der Waals surface area contributed by atoms with E-state index in [0.717, 1.165) is 11.1 Å². The molecule has 17 heavy (non-hydrogen) atoms. The smallest absolute Gasteiger partial charge is 0.277 e. The Labute approximate surface area is 109 Å². The van der Waals surface area contributed by atoms with Crippen LogP contribution in [0.2, 0.25) is 0 Å². The van der Waals surface area contributed by atoms with Crippen molar-refractivity contribution in [3.8, 4) is 11.5 Å². The average molecular weight is 267 g/mol. The van der Waals surface area contributed by atoms with Gasteiger partial charge in [0.25, 0.3) is 5.22 Å². The van der Waals surface area contributed by atoms with Crippen molar-refractivity contribution in [1.29, 1.82) is 0 Å². The molecule has 1 aromatic heterocycles. The van der Waals surface area contributed by atoms with Crippen LogP contribution in [0.5, 0.6) is 0 Å². The Balaban J connectivity index is 2.18. The summed E-state index contributed by atoms with van der Waals surface area (Å²) in [7, 11) is 0. The highest BCUT2D eigenvalue weighted by atomic mass is 35.5. The number of aryl methyl sites for hydroxylation is 1. The second-order valence-electron chi connectivity index (χ2n) is 3.49. The number of nitrogens with zero attached hydrogens (tertiary/aromatic N) is 2. The summed E-state index contributed by atoms with van der Waals surface area (Å²) in [6.45, 7) is 5.61. The number of benzene rings is 1. The zero-order valence-electron chi connectivity index (χ0n) is 9.31. The lowest BCUT2D eigenvalue weighted by atomic mass is 10.1. The standard InChI is InChI=1S/C12H11ClN2OS/c1-8-5-3-4-6-10(8)11-14-15-12(16-11)17-7-9(2)13/h3-6H,2,7H2,1H3. The Bertz CT molecular complexity index is 539. The van der Waals surface area contributed by atoms with Crippen LogP contribution in [-0.4, -0.2) is 16.0 Å². The first-order valence-corrected chi connectivity index (χ1v) is 6.39. The summed E-state index contributed by atoms with van der Waals surface area (Å²) >= 11 is 7.05. The minimum absolute atomic E-state index is 0.505. The van der Waals surface area contributed by atoms with Gasteiger partial charge in [0.1, 0.15) is 0 Å². The van der Waals surface area contributed by atoms with Gasteiger partial charge in [-0.25, -0.2) is 0 Å². The topological polar surface area (TPSA) is 38.9 Å². The van der Waals surface area contributed by atoms with Crippen LogP contribution in [0.1, 0.15) is 5.56 Å². The van der Waals surface area contributed by atoms with E-state index >= 15 is 0 Å². The van der Waals surface area contributed by atoms with Crippen LogP contribution in [0.4, 0.5) is 0 Å². The van der Waals surface area contributed by atoms with Gasteiger partial charge >= 0.3 is 0 Å². The van der Waals surface area contributed by atoms with Crippen LogP contribution < -0.4 is 0 Å². The van der Waals surface area contributed by atoms with E-state index in [1.165, 1.54) is 11.8 Å². The summed E-state index contributed by atoms with van der Waals surface area (Å²) in [5, 5.41) is 9.03. The van der Waals surface area contributed by atoms with Gasteiger partial charge in [-0.3, -0.25) is 0 Å². The summed E-state index contributed by atoms with van der Waals surface area (Å²) in [5.74, 6) is 1.10. The highest BCUT2D eigenvalue weighted by molar-refractivity contribution is 7.99. The maximum Gasteiger partial charge on any atom is 0.277 e. The van der Waals surface area contributed by atoms with Crippen LogP contribution >= 0.6 is 23.4 Å². The molecule has 1 aromatic carbocycles. The minimum Gasteiger partial charge on any atom is -0.411 e. The van der Waals surface area contributed by atoms with E-state index < -0.39 is 0 Å². The highest BCUT2D eigenvalue weighted by Crippen LogP contribution is 2.26. The second-order valence-corrected chi connectivity index (χ2v) is 4.96. The SMILES string of the molecule is C=C(Cl)CSc1nnc(-c2ccccc2C)o1. The minimum atomic E-state index is 0.505. The summed E-state index contributed by atoms with van der Waals surface area (Å²) in [5.41, 5.74) is 2.06. The molecule has 0 fully saturated rings. The summed E-state index contributed by atoms with van der Waals surface area (Å²) in [6.07, 6.45) is 0. The summed E-state index contributed by atoms with van der Waals surface area (Å²) in [4.78, 5) is 0. The van der Waals surface area contributed by atoms with E-state index in [1.807, 2.05) is 31.2 Å². The van der Waals surface area contributed by atoms with Crippen LogP contribution in [-0.2, 0) is 0 Å². The van der Waals surface area contributed by atoms with Gasteiger partial charge in [-0.1, -0.05) is 48.1 Å². The monoisotopic (exact) mass is 266 g/mol. The first kappa shape index (κ1) is 12.2. The van der Waals surface area contributed by atoms with E-state index in [4.69, 9.17) is 16.0 Å². The zero-order valence-corrected chi connectivity index (χ0v) is 10.9. The van der Waals surface area contributed by atoms with Crippen molar-refractivity contribution in [2.45, 2.75) is 12.1 Å². The molecule has 0 radical (unpaired) electrons. The van der Waals surface area contributed by atoms with E-state index in [0.29, 0.717) is 21.9 Å². The van der Waals surface area contributed by atoms with Crippen LogP contribution in [0.25, 0.3) is 11.5 Å². The van der Waals surface area contributed by atoms with Crippen molar-refractivity contribution in [3.05, 3.63) is 41.4 Å². The van der Waals surface area contributed by atoms with Crippen molar-refractivity contribution in [2.75, 3.05) is 5.75 Å². The Morgan fingerprint density at radius 2 is 2.18 bits per heavy atom. The van der Waals surface area contributed by atoms with Gasteiger partial charge < -0.3 is 4.42 Å². The third-order valence-corrected chi connectivity index (χ3v) is 3.33. The van der Waals surface area contributed by atoms with Gasteiger partial charge in [0.05, 0.1) is 0 Å². The first-order valence-electron chi connectivity index (χ1n) is 5.02. The third kappa shape index (κ3) is 3.11. The van der Waals surface area contributed by atoms with Crippen molar-refractivity contribution < 1.29 is 4.42 Å². The number of hydrogen-bond donors (Lipinski definition) is 0. The predicted octanol–water partition coefficient (Wildman–Crippen LogP) is 3.89. The Morgan fingerprint density at radius 1 is 1.41 bits per heavy atom. The van der Waals surface area contributed by atoms with Crippen LogP contribution in [0.15, 0.2) is 45.5 Å². The molecule has 88 valence electrons. The van der Waals surface area contributed by atoms with Crippen molar-refractivity contribution in [1.82, 2.24) is 10.2 Å². The fraction of sp³-hybridized carbons (Fsp3) is 0.167. The van der Waals surface area contributed by atoms with E-state index in [2.05, 4.69) is 16.8 Å². The molecule has 5 heteroatoms. The van der Waals surface area contributed by atoms with Gasteiger partial charge in [-0.05, 0) is 18.6 Å². The highest BCUT2D eigenvalue weighted by Gasteiger charge is 2.10. The van der Waals surface area contributed by atoms with Gasteiger partial charge in [-0.15, -0.1) is 10.2 Å². The Kier molecular flexibility index (Phi) is 3.86. The van der Waals surface area contributed by atoms with Gasteiger partial charge in [0.2, 0.25) is 5.89 Å². The largest absolute Gasteiger partial charge is 0.411 e. The molecule has 0 aliphatic carbocycles. The predicted molar refractivity (Wildman–Crippen MR) is 70.2 cm³/mol. The molecule has 0 saturated carbocycles. The molecular formula is C12H11ClN2OS. The molecule has 2 rings (SSSR count). The molecule has 0 amide bonds. The fourth-order valence-electron chi connectivity index (χ4n) is 1.33. The normalized spacial score (nSPS) is 10.5. The van der Waals surface area contributed by atoms with Crippen molar-refractivity contribution in [3.63, 3.8) is 0 Å². The lowest BCUT2D eigenvalue weighted by Crippen LogP contribution is -1.81. The molecule has 1 heterocycles. The van der Waals surface area contributed by atoms with Crippen LogP contribution in [0.3, 0.4) is 0 Å². The molecule has 0 N–H and O–H groups in total. The number of aromatic nitrogens is 2. The van der Waals surface area contributed by atoms with Gasteiger partial charge in [0.15, 0.2) is 0 Å². The molecule has 3 nitrogen and oxygen atoms in total. The molecule has 0 atom stereocenters. The fourth-order valence-corrected chi connectivity index (χ4v) is 2.01. The van der Waals surface area contributed by atoms with E-state index in [1.54, 1.807) is 0 Å². The number of rotatable bonds is 4. The number of halogens is 1. The Hall–Kier alpha value is -1.26. The molecule has 0 aliphatic rings. The maximum absolute atomic E-state index is 5.67. The summed E-state index contributed by atoms with van der Waals surface area (Å²) in [6, 6.07) is 7.88. The van der Waals surface area contributed by atoms with Crippen LogP contribution in [0, 0.1) is 6.92 Å². The zero-order chi connectivity index (χ0) is 12.3. The van der Waals surface area contributed by atoms with Crippen molar-refractivity contribution in [2.24, 2.45) is 0 Å². The lowest BCUT2D eigenvalue weighted by molar-refractivity contribution is 0.466. The van der Waals surface area contributed by atoms with Gasteiger partial charge in [0, 0.05) is 16.3 Å². The van der Waals surface area contributed by atoms with E-state index in [-0.39, 0.29) is 0 Å². The first-order chi connectivity index (χ1) is 8.16. The molecule has 0 spiro atoms. The molecule has 0 saturated heterocycles. The third-order valence-electron chi connectivity index (χ3n) is 2.13. The number of thioether (sulfide) groups is 1. The average Bonchev–Trinajstić information content (AvgIpc) is 2.75. The van der Waals surface area contributed by atoms with Gasteiger partial charge in [-0.2, -0.15) is 0 Å². The molecule has 0 aliphatic heterocycles. The molecular weight excluding hydrogens is 256 g/mol. The molecule has 0 unspecified atom stereocenters. The number of hydrogen-bond acceptors (Lipinski definition) is 4. The lowest BCUT2D eigenvalue weighted by Gasteiger charge is -1.98.